The van der Waals surface area contributed by atoms with Crippen molar-refractivity contribution < 1.29 is 9.59 Å². The van der Waals surface area contributed by atoms with Gasteiger partial charge in [0.25, 0.3) is 0 Å². The highest BCUT2D eigenvalue weighted by Gasteiger charge is 2.27. The molecule has 0 aliphatic heterocycles. The number of urea groups is 1. The van der Waals surface area contributed by atoms with E-state index in [1.165, 1.54) is 11.8 Å². The van der Waals surface area contributed by atoms with Crippen molar-refractivity contribution >= 4 is 34.6 Å². The minimum atomic E-state index is -0.544. The van der Waals surface area contributed by atoms with E-state index in [0.29, 0.717) is 11.0 Å². The number of para-hydroxylation sites is 2. The Kier molecular flexibility index (Phi) is 5.63. The first kappa shape index (κ1) is 21.3. The molecule has 1 aliphatic rings. The lowest BCUT2D eigenvalue weighted by Crippen LogP contribution is -2.43. The number of carbonyl (C=O) groups excluding carboxylic acids is 2. The summed E-state index contributed by atoms with van der Waals surface area (Å²) in [5.74, 6) is 0.314. The van der Waals surface area contributed by atoms with Crippen LogP contribution >= 0.6 is 11.8 Å². The van der Waals surface area contributed by atoms with Crippen molar-refractivity contribution in [2.45, 2.75) is 43.1 Å². The highest BCUT2D eigenvalue weighted by molar-refractivity contribution is 8.00. The Bertz CT molecular complexity index is 1340. The summed E-state index contributed by atoms with van der Waals surface area (Å²) in [5, 5.41) is 15.2. The van der Waals surface area contributed by atoms with Crippen molar-refractivity contribution in [2.75, 3.05) is 0 Å². The lowest BCUT2D eigenvalue weighted by atomic mass is 10.1. The van der Waals surface area contributed by atoms with Gasteiger partial charge < -0.3 is 10.3 Å². The highest BCUT2D eigenvalue weighted by Crippen LogP contribution is 2.34. The Morgan fingerprint density at radius 1 is 1.12 bits per heavy atom. The van der Waals surface area contributed by atoms with Gasteiger partial charge in [0, 0.05) is 28.7 Å². The summed E-state index contributed by atoms with van der Waals surface area (Å²) in [6.07, 6.45) is 3.85. The molecule has 1 atom stereocenters. The SMILES string of the molecule is Cc1ccccc1-n1c(SC(C)C(=O)NC(=O)NC2CC2)nnc1-c1c[nH]c2ccccc12. The molecule has 8 nitrogen and oxygen atoms in total. The van der Waals surface area contributed by atoms with Crippen LogP contribution < -0.4 is 10.6 Å². The minimum absolute atomic E-state index is 0.184. The number of hydrogen-bond acceptors (Lipinski definition) is 5. The van der Waals surface area contributed by atoms with E-state index in [4.69, 9.17) is 0 Å². The van der Waals surface area contributed by atoms with Crippen molar-refractivity contribution in [3.05, 3.63) is 60.3 Å². The van der Waals surface area contributed by atoms with Crippen molar-refractivity contribution in [1.29, 1.82) is 0 Å². The molecule has 0 bridgehead atoms. The zero-order chi connectivity index (χ0) is 22.9. The van der Waals surface area contributed by atoms with E-state index in [2.05, 4.69) is 25.8 Å². The van der Waals surface area contributed by atoms with Crippen LogP contribution in [0.1, 0.15) is 25.3 Å². The molecule has 4 aromatic rings. The van der Waals surface area contributed by atoms with E-state index >= 15 is 0 Å². The maximum absolute atomic E-state index is 12.6. The third kappa shape index (κ3) is 4.36. The summed E-state index contributed by atoms with van der Waals surface area (Å²) in [4.78, 5) is 27.9. The monoisotopic (exact) mass is 460 g/mol. The lowest BCUT2D eigenvalue weighted by molar-refractivity contribution is -0.119. The predicted octanol–water partition coefficient (Wildman–Crippen LogP) is 4.19. The predicted molar refractivity (Wildman–Crippen MR) is 128 cm³/mol. The molecule has 9 heteroatoms. The second-order valence-electron chi connectivity index (χ2n) is 8.17. The molecule has 2 heterocycles. The molecule has 1 aliphatic carbocycles. The maximum atomic E-state index is 12.6. The van der Waals surface area contributed by atoms with Crippen LogP contribution in [0.3, 0.4) is 0 Å². The fraction of sp³-hybridized carbons (Fsp3) is 0.250. The van der Waals surface area contributed by atoms with E-state index in [0.717, 1.165) is 40.6 Å². The Labute approximate surface area is 195 Å². The van der Waals surface area contributed by atoms with Gasteiger partial charge in [-0.3, -0.25) is 14.7 Å². The Hall–Kier alpha value is -3.59. The number of aromatic nitrogens is 4. The second kappa shape index (κ2) is 8.74. The fourth-order valence-electron chi connectivity index (χ4n) is 3.68. The summed E-state index contributed by atoms with van der Waals surface area (Å²) in [6.45, 7) is 3.79. The van der Waals surface area contributed by atoms with Gasteiger partial charge in [0.1, 0.15) is 0 Å². The van der Waals surface area contributed by atoms with Crippen LogP contribution in [-0.2, 0) is 4.79 Å². The van der Waals surface area contributed by atoms with E-state index in [1.54, 1.807) is 6.92 Å². The summed E-state index contributed by atoms with van der Waals surface area (Å²) < 4.78 is 1.98. The normalized spacial score (nSPS) is 14.2. The van der Waals surface area contributed by atoms with Gasteiger partial charge in [-0.1, -0.05) is 48.2 Å². The van der Waals surface area contributed by atoms with Gasteiger partial charge in [-0.15, -0.1) is 10.2 Å². The van der Waals surface area contributed by atoms with Crippen LogP contribution in [0.5, 0.6) is 0 Å². The number of rotatable bonds is 6. The standard InChI is InChI=1S/C24H24N6O2S/c1-14-7-3-6-10-20(14)30-21(18-13-25-19-9-5-4-8-17(18)19)28-29-24(30)33-15(2)22(31)27-23(32)26-16-11-12-16/h3-10,13,15-16,25H,11-12H2,1-2H3,(H2,26,27,31,32). The van der Waals surface area contributed by atoms with E-state index < -0.39 is 11.3 Å². The molecule has 0 radical (unpaired) electrons. The van der Waals surface area contributed by atoms with E-state index in [1.807, 2.05) is 66.2 Å². The molecule has 2 aromatic heterocycles. The molecule has 1 saturated carbocycles. The van der Waals surface area contributed by atoms with Crippen LogP contribution in [-0.4, -0.2) is 43.0 Å². The summed E-state index contributed by atoms with van der Waals surface area (Å²) in [7, 11) is 0. The van der Waals surface area contributed by atoms with Gasteiger partial charge in [-0.25, -0.2) is 4.79 Å². The van der Waals surface area contributed by atoms with Crippen molar-refractivity contribution in [1.82, 2.24) is 30.4 Å². The third-order valence-electron chi connectivity index (χ3n) is 5.62. The van der Waals surface area contributed by atoms with Crippen molar-refractivity contribution in [3.8, 4) is 17.1 Å². The van der Waals surface area contributed by atoms with Crippen molar-refractivity contribution in [3.63, 3.8) is 0 Å². The number of H-pyrrole nitrogens is 1. The van der Waals surface area contributed by atoms with Crippen LogP contribution in [0.25, 0.3) is 28.0 Å². The smallest absolute Gasteiger partial charge is 0.321 e. The lowest BCUT2D eigenvalue weighted by Gasteiger charge is -2.15. The summed E-state index contributed by atoms with van der Waals surface area (Å²) >= 11 is 1.27. The van der Waals surface area contributed by atoms with Gasteiger partial charge in [0.2, 0.25) is 5.91 Å². The molecule has 5 rings (SSSR count). The summed E-state index contributed by atoms with van der Waals surface area (Å²) in [6, 6.07) is 15.7. The first-order valence-corrected chi connectivity index (χ1v) is 11.7. The molecule has 0 spiro atoms. The molecular weight excluding hydrogens is 436 g/mol. The van der Waals surface area contributed by atoms with Crippen LogP contribution in [0.2, 0.25) is 0 Å². The Morgan fingerprint density at radius 3 is 2.67 bits per heavy atom. The van der Waals surface area contributed by atoms with Gasteiger partial charge in [0.15, 0.2) is 11.0 Å². The number of amides is 3. The highest BCUT2D eigenvalue weighted by atomic mass is 32.2. The van der Waals surface area contributed by atoms with Crippen LogP contribution in [0.4, 0.5) is 4.79 Å². The van der Waals surface area contributed by atoms with Crippen molar-refractivity contribution in [2.24, 2.45) is 0 Å². The largest absolute Gasteiger partial charge is 0.360 e. The number of imide groups is 1. The molecule has 168 valence electrons. The first-order chi connectivity index (χ1) is 16.0. The average molecular weight is 461 g/mol. The van der Waals surface area contributed by atoms with E-state index in [-0.39, 0.29) is 11.9 Å². The third-order valence-corrected chi connectivity index (χ3v) is 6.66. The zero-order valence-electron chi connectivity index (χ0n) is 18.3. The number of benzene rings is 2. The molecular formula is C24H24N6O2S. The van der Waals surface area contributed by atoms with Crippen LogP contribution in [0, 0.1) is 6.92 Å². The zero-order valence-corrected chi connectivity index (χ0v) is 19.1. The van der Waals surface area contributed by atoms with Gasteiger partial charge in [-0.05, 0) is 44.4 Å². The van der Waals surface area contributed by atoms with Crippen LogP contribution in [0.15, 0.2) is 59.9 Å². The summed E-state index contributed by atoms with van der Waals surface area (Å²) in [5.41, 5.74) is 3.93. The van der Waals surface area contributed by atoms with E-state index in [9.17, 15) is 9.59 Å². The first-order valence-electron chi connectivity index (χ1n) is 10.9. The number of carbonyl (C=O) groups is 2. The second-order valence-corrected chi connectivity index (χ2v) is 9.48. The maximum Gasteiger partial charge on any atom is 0.321 e. The molecule has 3 N–H and O–H groups in total. The molecule has 1 unspecified atom stereocenters. The number of aryl methyl sites for hydroxylation is 1. The number of fused-ring (bicyclic) bond motifs is 1. The molecule has 1 fully saturated rings. The molecule has 2 aromatic carbocycles. The van der Waals surface area contributed by atoms with Gasteiger partial charge in [-0.2, -0.15) is 0 Å². The molecule has 33 heavy (non-hydrogen) atoms. The minimum Gasteiger partial charge on any atom is -0.360 e. The van der Waals surface area contributed by atoms with Gasteiger partial charge >= 0.3 is 6.03 Å². The topological polar surface area (TPSA) is 105 Å². The number of thioether (sulfide) groups is 1. The van der Waals surface area contributed by atoms with Gasteiger partial charge in [0.05, 0.1) is 10.9 Å². The fourth-order valence-corrected chi connectivity index (χ4v) is 4.54. The molecule has 3 amide bonds. The quantitative estimate of drug-likeness (QED) is 0.374. The number of aromatic amines is 1. The average Bonchev–Trinajstić information content (AvgIpc) is 3.36. The number of hydrogen-bond donors (Lipinski definition) is 3. The number of nitrogens with one attached hydrogen (secondary N) is 3. The molecule has 0 saturated heterocycles. The number of nitrogens with zero attached hydrogens (tertiary/aromatic N) is 3. The Balaban J connectivity index is 1.49. The Morgan fingerprint density at radius 2 is 1.88 bits per heavy atom.